The topological polar surface area (TPSA) is 43.8 Å². The van der Waals surface area contributed by atoms with Crippen molar-refractivity contribution in [1.29, 1.82) is 0 Å². The molecule has 1 N–H and O–H groups in total. The van der Waals surface area contributed by atoms with Gasteiger partial charge in [-0.2, -0.15) is 0 Å². The molecule has 4 rings (SSSR count). The third kappa shape index (κ3) is 3.62. The number of carboxylic acids is 1. The monoisotopic (exact) mass is 364 g/mol. The maximum absolute atomic E-state index is 14.0. The summed E-state index contributed by atoms with van der Waals surface area (Å²) in [5, 5.41) is 9.76. The lowest BCUT2D eigenvalue weighted by Crippen LogP contribution is -2.46. The first-order valence-electron chi connectivity index (χ1n) is 9.57. The average Bonchev–Trinajstić information content (AvgIpc) is 3.34. The van der Waals surface area contributed by atoms with Crippen molar-refractivity contribution in [3.05, 3.63) is 35.4 Å². The van der Waals surface area contributed by atoms with Crippen LogP contribution in [0, 0.1) is 28.9 Å². The number of halogens is 2. The Morgan fingerprint density at radius 2 is 1.92 bits per heavy atom. The number of hydrogen-bond acceptors (Lipinski definition) is 3. The summed E-state index contributed by atoms with van der Waals surface area (Å²) in [6.07, 6.45) is 4.44. The predicted molar refractivity (Wildman–Crippen MR) is 93.6 cm³/mol. The summed E-state index contributed by atoms with van der Waals surface area (Å²) in [5.41, 5.74) is 0.210. The van der Waals surface area contributed by atoms with Crippen molar-refractivity contribution in [2.24, 2.45) is 17.3 Å². The molecular formula is C20H26F2N2O2. The van der Waals surface area contributed by atoms with E-state index in [0.29, 0.717) is 25.2 Å². The van der Waals surface area contributed by atoms with Crippen molar-refractivity contribution in [2.45, 2.75) is 32.2 Å². The van der Waals surface area contributed by atoms with Gasteiger partial charge in [0.05, 0.1) is 5.92 Å². The first-order chi connectivity index (χ1) is 12.4. The lowest BCUT2D eigenvalue weighted by Gasteiger charge is -2.41. The molecule has 6 heteroatoms. The third-order valence-electron chi connectivity index (χ3n) is 6.49. The highest BCUT2D eigenvalue weighted by molar-refractivity contribution is 5.72. The number of piperidine rings is 1. The molecule has 0 amide bonds. The zero-order valence-corrected chi connectivity index (χ0v) is 15.0. The smallest absolute Gasteiger partial charge is 0.308 e. The minimum Gasteiger partial charge on any atom is -0.481 e. The molecule has 1 spiro atoms. The Kier molecular flexibility index (Phi) is 4.73. The minimum atomic E-state index is -0.747. The van der Waals surface area contributed by atoms with Crippen molar-refractivity contribution in [2.75, 3.05) is 32.7 Å². The van der Waals surface area contributed by atoms with Crippen LogP contribution in [0.5, 0.6) is 0 Å². The minimum absolute atomic E-state index is 0.220. The number of nitrogens with zero attached hydrogens (tertiary/aromatic N) is 2. The van der Waals surface area contributed by atoms with E-state index in [0.717, 1.165) is 44.5 Å². The Hall–Kier alpha value is -1.53. The van der Waals surface area contributed by atoms with E-state index in [2.05, 4.69) is 4.90 Å². The van der Waals surface area contributed by atoms with Crippen LogP contribution in [0.25, 0.3) is 0 Å². The van der Waals surface area contributed by atoms with E-state index >= 15 is 0 Å². The van der Waals surface area contributed by atoms with Gasteiger partial charge in [-0.1, -0.05) is 6.07 Å². The van der Waals surface area contributed by atoms with Crippen LogP contribution in [0.15, 0.2) is 18.2 Å². The summed E-state index contributed by atoms with van der Waals surface area (Å²) < 4.78 is 27.1. The number of benzene rings is 1. The van der Waals surface area contributed by atoms with Crippen LogP contribution in [-0.2, 0) is 11.3 Å². The van der Waals surface area contributed by atoms with Crippen LogP contribution < -0.4 is 0 Å². The summed E-state index contributed by atoms with van der Waals surface area (Å²) in [6, 6.07) is 3.62. The van der Waals surface area contributed by atoms with Crippen molar-refractivity contribution >= 4 is 5.97 Å². The van der Waals surface area contributed by atoms with Gasteiger partial charge < -0.3 is 10.0 Å². The maximum atomic E-state index is 14.0. The third-order valence-corrected chi connectivity index (χ3v) is 6.49. The lowest BCUT2D eigenvalue weighted by molar-refractivity contribution is -0.145. The summed E-state index contributed by atoms with van der Waals surface area (Å²) in [7, 11) is 0. The van der Waals surface area contributed by atoms with Crippen molar-refractivity contribution in [3.8, 4) is 0 Å². The molecule has 3 fully saturated rings. The van der Waals surface area contributed by atoms with Gasteiger partial charge in [0.2, 0.25) is 0 Å². The van der Waals surface area contributed by atoms with E-state index in [4.69, 9.17) is 0 Å². The zero-order valence-electron chi connectivity index (χ0n) is 15.0. The van der Waals surface area contributed by atoms with E-state index in [1.54, 1.807) is 0 Å². The van der Waals surface area contributed by atoms with E-state index in [1.807, 2.05) is 4.90 Å². The Bertz CT molecular complexity index is 684. The highest BCUT2D eigenvalue weighted by Gasteiger charge is 2.51. The normalized spacial score (nSPS) is 26.5. The van der Waals surface area contributed by atoms with Gasteiger partial charge in [0.15, 0.2) is 0 Å². The van der Waals surface area contributed by atoms with Gasteiger partial charge in [-0.3, -0.25) is 9.69 Å². The average molecular weight is 364 g/mol. The molecule has 1 aliphatic carbocycles. The van der Waals surface area contributed by atoms with Crippen LogP contribution >= 0.6 is 0 Å². The fourth-order valence-corrected chi connectivity index (χ4v) is 4.78. The number of carbonyl (C=O) groups is 1. The molecular weight excluding hydrogens is 338 g/mol. The van der Waals surface area contributed by atoms with Gasteiger partial charge in [0.25, 0.3) is 0 Å². The number of rotatable bonds is 5. The molecule has 1 aromatic rings. The fourth-order valence-electron chi connectivity index (χ4n) is 4.78. The van der Waals surface area contributed by atoms with Gasteiger partial charge in [0, 0.05) is 43.2 Å². The second kappa shape index (κ2) is 6.89. The molecule has 2 saturated heterocycles. The van der Waals surface area contributed by atoms with Gasteiger partial charge in [-0.15, -0.1) is 0 Å². The quantitative estimate of drug-likeness (QED) is 0.872. The van der Waals surface area contributed by atoms with Crippen molar-refractivity contribution < 1.29 is 18.7 Å². The van der Waals surface area contributed by atoms with Gasteiger partial charge in [-0.25, -0.2) is 8.78 Å². The van der Waals surface area contributed by atoms with E-state index in [-0.39, 0.29) is 5.41 Å². The van der Waals surface area contributed by atoms with E-state index < -0.39 is 23.5 Å². The molecule has 2 aliphatic heterocycles. The SMILES string of the molecule is O=C(O)C1CN(Cc2ccc(F)cc2F)CC12CCN(CC1CC1)CC2. The summed E-state index contributed by atoms with van der Waals surface area (Å²) in [5.74, 6) is -1.45. The number of aliphatic carboxylic acids is 1. The first-order valence-corrected chi connectivity index (χ1v) is 9.57. The summed E-state index contributed by atoms with van der Waals surface area (Å²) >= 11 is 0. The molecule has 1 aromatic carbocycles. The van der Waals surface area contributed by atoms with Crippen LogP contribution in [0.4, 0.5) is 8.78 Å². The standard InChI is InChI=1S/C20H26F2N2O2/c21-16-4-3-15(18(22)9-16)11-24-12-17(19(25)26)20(13-24)5-7-23(8-6-20)10-14-1-2-14/h3-4,9,14,17H,1-2,5-8,10-13H2,(H,25,26). The fraction of sp³-hybridized carbons (Fsp3) is 0.650. The molecule has 26 heavy (non-hydrogen) atoms. The predicted octanol–water partition coefficient (Wildman–Crippen LogP) is 2.97. The first kappa shape index (κ1) is 17.9. The van der Waals surface area contributed by atoms with Gasteiger partial charge >= 0.3 is 5.97 Å². The molecule has 0 radical (unpaired) electrons. The Morgan fingerprint density at radius 3 is 2.54 bits per heavy atom. The van der Waals surface area contributed by atoms with Crippen LogP contribution in [0.1, 0.15) is 31.2 Å². The lowest BCUT2D eigenvalue weighted by atomic mass is 9.71. The van der Waals surface area contributed by atoms with Crippen LogP contribution in [-0.4, -0.2) is 53.6 Å². The summed E-state index contributed by atoms with van der Waals surface area (Å²) in [6.45, 7) is 4.52. The number of likely N-dealkylation sites (tertiary alicyclic amines) is 2. The molecule has 2 heterocycles. The highest BCUT2D eigenvalue weighted by Crippen LogP contribution is 2.46. The molecule has 4 nitrogen and oxygen atoms in total. The van der Waals surface area contributed by atoms with Gasteiger partial charge in [0.1, 0.15) is 11.6 Å². The largest absolute Gasteiger partial charge is 0.481 e. The second-order valence-corrected chi connectivity index (χ2v) is 8.40. The Labute approximate surface area is 152 Å². The molecule has 1 unspecified atom stereocenters. The van der Waals surface area contributed by atoms with Crippen molar-refractivity contribution in [3.63, 3.8) is 0 Å². The molecule has 0 bridgehead atoms. The Balaban J connectivity index is 1.44. The second-order valence-electron chi connectivity index (χ2n) is 8.40. The van der Waals surface area contributed by atoms with Crippen molar-refractivity contribution in [1.82, 2.24) is 9.80 Å². The van der Waals surface area contributed by atoms with E-state index in [9.17, 15) is 18.7 Å². The Morgan fingerprint density at radius 1 is 1.19 bits per heavy atom. The molecule has 1 saturated carbocycles. The van der Waals surface area contributed by atoms with Gasteiger partial charge in [-0.05, 0) is 50.8 Å². The summed E-state index contributed by atoms with van der Waals surface area (Å²) in [4.78, 5) is 16.4. The number of hydrogen-bond donors (Lipinski definition) is 1. The molecule has 142 valence electrons. The number of carboxylic acid groups (broad SMARTS) is 1. The molecule has 3 aliphatic rings. The maximum Gasteiger partial charge on any atom is 0.308 e. The van der Waals surface area contributed by atoms with Crippen LogP contribution in [0.2, 0.25) is 0 Å². The molecule has 0 aromatic heterocycles. The highest BCUT2D eigenvalue weighted by atomic mass is 19.1. The van der Waals surface area contributed by atoms with E-state index in [1.165, 1.54) is 25.0 Å². The molecule has 1 atom stereocenters. The van der Waals surface area contributed by atoms with Crippen LogP contribution in [0.3, 0.4) is 0 Å². The zero-order chi connectivity index (χ0) is 18.3.